The van der Waals surface area contributed by atoms with Crippen LogP contribution in [0.2, 0.25) is 5.02 Å². The molecular weight excluding hydrogens is 272 g/mol. The Morgan fingerprint density at radius 3 is 2.75 bits per heavy atom. The minimum atomic E-state index is -0.0459. The zero-order valence-electron chi connectivity index (χ0n) is 11.3. The zero-order chi connectivity index (χ0) is 14.1. The number of hydrogen-bond acceptors (Lipinski definition) is 2. The van der Waals surface area contributed by atoms with Crippen molar-refractivity contribution in [2.45, 2.75) is 13.5 Å². The van der Waals surface area contributed by atoms with Crippen LogP contribution in [-0.2, 0) is 6.54 Å². The maximum Gasteiger partial charge on any atom is 0.274 e. The highest BCUT2D eigenvalue weighted by Gasteiger charge is 2.29. The molecule has 0 aliphatic carbocycles. The quantitative estimate of drug-likeness (QED) is 0.680. The molecule has 2 heterocycles. The van der Waals surface area contributed by atoms with Crippen LogP contribution >= 0.6 is 11.6 Å². The van der Waals surface area contributed by atoms with Gasteiger partial charge in [-0.3, -0.25) is 10.1 Å². The number of aromatic nitrogens is 1. The lowest BCUT2D eigenvalue weighted by Crippen LogP contribution is -2.49. The lowest BCUT2D eigenvalue weighted by molar-refractivity contribution is -0.690. The van der Waals surface area contributed by atoms with Crippen molar-refractivity contribution in [1.82, 2.24) is 0 Å². The molecule has 20 heavy (non-hydrogen) atoms. The summed E-state index contributed by atoms with van der Waals surface area (Å²) in [4.78, 5) is 12.5. The van der Waals surface area contributed by atoms with Crippen molar-refractivity contribution < 1.29 is 9.36 Å². The fourth-order valence-electron chi connectivity index (χ4n) is 2.53. The number of ketones is 1. The Labute approximate surface area is 123 Å². The summed E-state index contributed by atoms with van der Waals surface area (Å²) in [5.41, 5.74) is 1.91. The summed E-state index contributed by atoms with van der Waals surface area (Å²) in [6.45, 7) is 3.44. The first-order valence-electron chi connectivity index (χ1n) is 6.67. The number of rotatable bonds is 2. The van der Waals surface area contributed by atoms with Gasteiger partial charge in [-0.05, 0) is 42.8 Å². The van der Waals surface area contributed by atoms with Crippen LogP contribution in [0.5, 0.6) is 0 Å². The number of pyridine rings is 1. The van der Waals surface area contributed by atoms with E-state index in [9.17, 15) is 4.79 Å². The molecule has 0 saturated heterocycles. The molecule has 0 amide bonds. The second kappa shape index (κ2) is 5.25. The van der Waals surface area contributed by atoms with Crippen molar-refractivity contribution in [1.29, 1.82) is 0 Å². The van der Waals surface area contributed by atoms with E-state index in [1.165, 1.54) is 5.56 Å². The average molecular weight is 288 g/mol. The fraction of sp³-hybridized carbons (Fsp3) is 0.250. The monoisotopic (exact) mass is 287 g/mol. The van der Waals surface area contributed by atoms with Gasteiger partial charge in [0, 0.05) is 16.7 Å². The van der Waals surface area contributed by atoms with Crippen molar-refractivity contribution in [3.8, 4) is 0 Å². The highest BCUT2D eigenvalue weighted by molar-refractivity contribution is 6.30. The molecule has 1 N–H and O–H groups in total. The van der Waals surface area contributed by atoms with Gasteiger partial charge >= 0.3 is 0 Å². The number of fused-ring (bicyclic) bond motifs is 1. The van der Waals surface area contributed by atoms with Crippen molar-refractivity contribution in [3.63, 3.8) is 0 Å². The molecule has 4 heteroatoms. The number of carbonyl (C=O) groups is 1. The van der Waals surface area contributed by atoms with Crippen LogP contribution < -0.4 is 9.88 Å². The number of Topliss-reactive ketones (excluding diaryl/α,β-unsaturated/α-hetero) is 1. The topological polar surface area (TPSA) is 33.0 Å². The molecule has 0 bridgehead atoms. The normalized spacial score (nSPS) is 17.2. The summed E-state index contributed by atoms with van der Waals surface area (Å²) in [7, 11) is 0. The number of nitrogens with zero attached hydrogens (tertiary/aromatic N) is 1. The molecule has 0 fully saturated rings. The number of benzene rings is 1. The molecule has 0 saturated carbocycles. The minimum Gasteiger partial charge on any atom is -0.294 e. The van der Waals surface area contributed by atoms with E-state index in [4.69, 9.17) is 11.6 Å². The maximum atomic E-state index is 12.5. The van der Waals surface area contributed by atoms with E-state index in [0.717, 1.165) is 11.4 Å². The summed E-state index contributed by atoms with van der Waals surface area (Å²) in [5.74, 6) is 1.18. The van der Waals surface area contributed by atoms with Crippen LogP contribution in [0, 0.1) is 12.8 Å². The largest absolute Gasteiger partial charge is 0.294 e. The second-order valence-corrected chi connectivity index (χ2v) is 5.63. The number of anilines is 1. The van der Waals surface area contributed by atoms with E-state index < -0.39 is 0 Å². The Kier molecular flexibility index (Phi) is 3.45. The minimum absolute atomic E-state index is 0.0459. The predicted molar refractivity (Wildman–Crippen MR) is 79.1 cm³/mol. The van der Waals surface area contributed by atoms with Crippen LogP contribution in [0.4, 0.5) is 5.82 Å². The van der Waals surface area contributed by atoms with Crippen molar-refractivity contribution in [2.24, 2.45) is 5.92 Å². The van der Waals surface area contributed by atoms with E-state index in [1.807, 2.05) is 0 Å². The van der Waals surface area contributed by atoms with Crippen LogP contribution in [0.25, 0.3) is 0 Å². The maximum absolute atomic E-state index is 12.5. The zero-order valence-corrected chi connectivity index (χ0v) is 12.0. The number of halogens is 1. The van der Waals surface area contributed by atoms with Gasteiger partial charge in [0.2, 0.25) is 0 Å². The van der Waals surface area contributed by atoms with Crippen molar-refractivity contribution >= 4 is 23.2 Å². The van der Waals surface area contributed by atoms with Gasteiger partial charge in [0.1, 0.15) is 6.54 Å². The van der Waals surface area contributed by atoms with E-state index in [2.05, 4.69) is 35.1 Å². The molecule has 102 valence electrons. The Balaban J connectivity index is 1.82. The molecule has 2 aromatic rings. The van der Waals surface area contributed by atoms with Crippen LogP contribution in [0.3, 0.4) is 0 Å². The average Bonchev–Trinajstić information content (AvgIpc) is 2.46. The van der Waals surface area contributed by atoms with E-state index >= 15 is 0 Å². The molecule has 0 radical (unpaired) electrons. The molecule has 1 aromatic carbocycles. The first kappa shape index (κ1) is 13.1. The van der Waals surface area contributed by atoms with Gasteiger partial charge in [-0.2, -0.15) is 0 Å². The lowest BCUT2D eigenvalue weighted by Gasteiger charge is -2.20. The lowest BCUT2D eigenvalue weighted by atomic mass is 9.96. The van der Waals surface area contributed by atoms with Crippen LogP contribution in [0.1, 0.15) is 15.9 Å². The third-order valence-electron chi connectivity index (χ3n) is 3.62. The van der Waals surface area contributed by atoms with Crippen LogP contribution in [0.15, 0.2) is 42.6 Å². The summed E-state index contributed by atoms with van der Waals surface area (Å²) in [5, 5.41) is 3.97. The highest BCUT2D eigenvalue weighted by Crippen LogP contribution is 2.17. The molecule has 3 nitrogen and oxygen atoms in total. The summed E-state index contributed by atoms with van der Waals surface area (Å²) in [6, 6.07) is 11.2. The van der Waals surface area contributed by atoms with Gasteiger partial charge in [-0.1, -0.05) is 11.6 Å². The third-order valence-corrected chi connectivity index (χ3v) is 3.87. The summed E-state index contributed by atoms with van der Waals surface area (Å²) in [6.07, 6.45) is 2.07. The fourth-order valence-corrected chi connectivity index (χ4v) is 2.66. The third kappa shape index (κ3) is 2.54. The molecule has 3 rings (SSSR count). The molecule has 1 atom stereocenters. The first-order chi connectivity index (χ1) is 9.63. The SMILES string of the molecule is Cc1ccc2[n+](c1)CC(C(=O)c1ccc(Cl)cc1)CN2. The standard InChI is InChI=1S/C16H15ClN2O/c1-11-2-7-15-18-8-13(10-19(15)9-11)16(20)12-3-5-14(17)6-4-12/h2-7,9,13H,8,10H2,1H3/p+1. The van der Waals surface area contributed by atoms with Crippen molar-refractivity contribution in [3.05, 3.63) is 58.7 Å². The molecule has 1 aliphatic heterocycles. The molecule has 1 aromatic heterocycles. The first-order valence-corrected chi connectivity index (χ1v) is 7.05. The Bertz CT molecular complexity index is 652. The van der Waals surface area contributed by atoms with Crippen LogP contribution in [-0.4, -0.2) is 12.3 Å². The molecule has 0 spiro atoms. The van der Waals surface area contributed by atoms with Gasteiger partial charge in [0.15, 0.2) is 5.78 Å². The van der Waals surface area contributed by atoms with E-state index in [0.29, 0.717) is 18.1 Å². The number of hydrogen-bond donors (Lipinski definition) is 1. The van der Waals surface area contributed by atoms with E-state index in [1.54, 1.807) is 24.3 Å². The summed E-state index contributed by atoms with van der Waals surface area (Å²) >= 11 is 5.86. The number of carbonyl (C=O) groups excluding carboxylic acids is 1. The van der Waals surface area contributed by atoms with Gasteiger partial charge in [-0.15, -0.1) is 0 Å². The van der Waals surface area contributed by atoms with Gasteiger partial charge in [0.25, 0.3) is 5.82 Å². The Morgan fingerprint density at radius 2 is 2.00 bits per heavy atom. The Morgan fingerprint density at radius 1 is 1.25 bits per heavy atom. The smallest absolute Gasteiger partial charge is 0.274 e. The summed E-state index contributed by atoms with van der Waals surface area (Å²) < 4.78 is 2.11. The van der Waals surface area contributed by atoms with Gasteiger partial charge in [0.05, 0.1) is 18.7 Å². The Hall–Kier alpha value is -1.87. The van der Waals surface area contributed by atoms with Crippen molar-refractivity contribution in [2.75, 3.05) is 11.9 Å². The second-order valence-electron chi connectivity index (χ2n) is 5.19. The number of aryl methyl sites for hydroxylation is 1. The predicted octanol–water partition coefficient (Wildman–Crippen LogP) is 2.86. The van der Waals surface area contributed by atoms with E-state index in [-0.39, 0.29) is 11.7 Å². The van der Waals surface area contributed by atoms with Gasteiger partial charge in [-0.25, -0.2) is 4.57 Å². The number of nitrogens with one attached hydrogen (secondary N) is 1. The van der Waals surface area contributed by atoms with Gasteiger partial charge < -0.3 is 0 Å². The molecule has 1 unspecified atom stereocenters. The molecular formula is C16H16ClN2O+. The highest BCUT2D eigenvalue weighted by atomic mass is 35.5. The molecule has 1 aliphatic rings.